The molecule has 4 atom stereocenters. The van der Waals surface area contributed by atoms with Gasteiger partial charge in [0.05, 0.1) is 0 Å². The molecule has 0 saturated heterocycles. The second-order valence-corrected chi connectivity index (χ2v) is 2.33. The number of allylic oxidation sites excluding steroid dienone is 2. The minimum absolute atomic E-state index is 0.125. The zero-order valence-corrected chi connectivity index (χ0v) is 4.17. The Kier molecular flexibility index (Phi) is 0.374. The average molecular weight is 96.2 g/mol. The molecule has 0 aromatic carbocycles. The van der Waals surface area contributed by atoms with E-state index in [1.54, 1.807) is 0 Å². The van der Waals surface area contributed by atoms with E-state index in [0.717, 1.165) is 6.42 Å². The van der Waals surface area contributed by atoms with Crippen LogP contribution in [0.5, 0.6) is 0 Å². The van der Waals surface area contributed by atoms with Crippen molar-refractivity contribution in [3.05, 3.63) is 12.2 Å². The highest BCUT2D eigenvalue weighted by molar-refractivity contribution is 5.06. The fourth-order valence-electron chi connectivity index (χ4n) is 1.33. The molecule has 0 aromatic rings. The highest BCUT2D eigenvalue weighted by atomic mass is 14.3. The number of rotatable bonds is 0. The van der Waals surface area contributed by atoms with Crippen molar-refractivity contribution < 1.29 is 2.74 Å². The van der Waals surface area contributed by atoms with Gasteiger partial charge in [-0.05, 0) is 31.1 Å². The molecule has 2 aliphatic rings. The second-order valence-electron chi connectivity index (χ2n) is 2.33. The highest BCUT2D eigenvalue weighted by Crippen LogP contribution is 2.38. The van der Waals surface area contributed by atoms with Crippen molar-refractivity contribution in [2.45, 2.75) is 19.2 Å². The average Bonchev–Trinajstić information content (AvgIpc) is 2.37. The zero-order valence-electron chi connectivity index (χ0n) is 6.17. The lowest BCUT2D eigenvalue weighted by atomic mass is 10.1. The van der Waals surface area contributed by atoms with E-state index in [1.165, 1.54) is 0 Å². The first kappa shape index (κ1) is 2.34. The van der Waals surface area contributed by atoms with E-state index >= 15 is 0 Å². The second kappa shape index (κ2) is 1.12. The van der Waals surface area contributed by atoms with Crippen LogP contribution in [0, 0.1) is 11.8 Å². The number of hydrogen-bond donors (Lipinski definition) is 0. The molecular formula is C7H10. The smallest absolute Gasteiger partial charge is 0.0273 e. The lowest BCUT2D eigenvalue weighted by Crippen LogP contribution is -1.82. The fourth-order valence-corrected chi connectivity index (χ4v) is 1.33. The first-order chi connectivity index (χ1) is 4.29. The highest BCUT2D eigenvalue weighted by Gasteiger charge is 2.25. The maximum Gasteiger partial charge on any atom is 0.0273 e. The van der Waals surface area contributed by atoms with Crippen LogP contribution in [-0.2, 0) is 0 Å². The molecule has 1 fully saturated rings. The van der Waals surface area contributed by atoms with Crippen molar-refractivity contribution in [3.63, 3.8) is 0 Å². The third-order valence-corrected chi connectivity index (χ3v) is 1.76. The molecule has 2 rings (SSSR count). The third kappa shape index (κ3) is 0.425. The molecule has 0 heterocycles. The summed E-state index contributed by atoms with van der Waals surface area (Å²) in [5.41, 5.74) is 0. The van der Waals surface area contributed by atoms with Gasteiger partial charge in [-0.15, -0.1) is 0 Å². The summed E-state index contributed by atoms with van der Waals surface area (Å²) in [6, 6.07) is 0. The van der Waals surface area contributed by atoms with Crippen LogP contribution < -0.4 is 0 Å². The molecule has 0 nitrogen and oxygen atoms in total. The van der Waals surface area contributed by atoms with E-state index in [0.29, 0.717) is 11.8 Å². The minimum atomic E-state index is -0.125. The standard InChI is InChI=1S/C7H10/c1-2-7-4-3-6(1)5-7/h1-2,6-7H,3-5H2/t6-,7+/i3D,4D/t3-,4+,6-,7+. The largest absolute Gasteiger partial charge is 0.0851 e. The van der Waals surface area contributed by atoms with Crippen molar-refractivity contribution in [1.82, 2.24) is 0 Å². The summed E-state index contributed by atoms with van der Waals surface area (Å²) in [7, 11) is 0. The molecule has 2 bridgehead atoms. The summed E-state index contributed by atoms with van der Waals surface area (Å²) in [6.45, 7) is 0. The van der Waals surface area contributed by atoms with E-state index < -0.39 is 0 Å². The Labute approximate surface area is 47.0 Å². The van der Waals surface area contributed by atoms with Crippen LogP contribution in [0.15, 0.2) is 12.2 Å². The molecule has 2 aliphatic carbocycles. The Morgan fingerprint density at radius 3 is 2.14 bits per heavy atom. The minimum Gasteiger partial charge on any atom is -0.0851 e. The van der Waals surface area contributed by atoms with E-state index in [-0.39, 0.29) is 12.8 Å². The summed E-state index contributed by atoms with van der Waals surface area (Å²) >= 11 is 0. The lowest BCUT2D eigenvalue weighted by Gasteiger charge is -1.96. The van der Waals surface area contributed by atoms with Gasteiger partial charge in [-0.2, -0.15) is 0 Å². The summed E-state index contributed by atoms with van der Waals surface area (Å²) in [6.07, 6.45) is 5.03. The van der Waals surface area contributed by atoms with E-state index in [4.69, 9.17) is 2.74 Å². The van der Waals surface area contributed by atoms with Crippen molar-refractivity contribution in [1.29, 1.82) is 0 Å². The monoisotopic (exact) mass is 96.1 g/mol. The van der Waals surface area contributed by atoms with Gasteiger partial charge in [-0.1, -0.05) is 12.2 Å². The SMILES string of the molecule is [2H][C@@H]1[C@H]([2H])[C@@H]2C=C[C@H]1C2. The van der Waals surface area contributed by atoms with Gasteiger partial charge >= 0.3 is 0 Å². The Bertz CT molecular complexity index is 137. The Balaban J connectivity index is 2.26. The summed E-state index contributed by atoms with van der Waals surface area (Å²) in [5, 5.41) is 0. The van der Waals surface area contributed by atoms with Gasteiger partial charge in [0.1, 0.15) is 0 Å². The van der Waals surface area contributed by atoms with Gasteiger partial charge in [0, 0.05) is 2.74 Å². The zero-order chi connectivity index (χ0) is 6.43. The molecule has 0 amide bonds. The molecule has 1 saturated carbocycles. The predicted octanol–water partition coefficient (Wildman–Crippen LogP) is 1.97. The van der Waals surface area contributed by atoms with E-state index in [1.807, 2.05) is 0 Å². The maximum absolute atomic E-state index is 7.49. The molecule has 7 heavy (non-hydrogen) atoms. The van der Waals surface area contributed by atoms with Crippen LogP contribution in [0.3, 0.4) is 0 Å². The first-order valence-electron chi connectivity index (χ1n) is 3.97. The molecule has 0 unspecified atom stereocenters. The molecule has 0 heteroatoms. The van der Waals surface area contributed by atoms with Gasteiger partial charge in [0.2, 0.25) is 0 Å². The number of fused-ring (bicyclic) bond motifs is 2. The fraction of sp³-hybridized carbons (Fsp3) is 0.714. The molecule has 0 aliphatic heterocycles. The molecule has 0 spiro atoms. The van der Waals surface area contributed by atoms with E-state index in [9.17, 15) is 0 Å². The van der Waals surface area contributed by atoms with Gasteiger partial charge in [-0.25, -0.2) is 0 Å². The van der Waals surface area contributed by atoms with Gasteiger partial charge in [0.25, 0.3) is 0 Å². The summed E-state index contributed by atoms with van der Waals surface area (Å²) in [4.78, 5) is 0. The first-order valence-corrected chi connectivity index (χ1v) is 2.82. The topological polar surface area (TPSA) is 0 Å². The number of hydrogen-bond acceptors (Lipinski definition) is 0. The van der Waals surface area contributed by atoms with E-state index in [2.05, 4.69) is 12.2 Å². The van der Waals surface area contributed by atoms with Gasteiger partial charge < -0.3 is 0 Å². The maximum atomic E-state index is 7.49. The summed E-state index contributed by atoms with van der Waals surface area (Å²) in [5.74, 6) is 0.829. The van der Waals surface area contributed by atoms with Crippen LogP contribution in [0.2, 0.25) is 0 Å². The van der Waals surface area contributed by atoms with Crippen LogP contribution in [0.4, 0.5) is 0 Å². The van der Waals surface area contributed by atoms with Crippen molar-refractivity contribution in [2.24, 2.45) is 11.8 Å². The quantitative estimate of drug-likeness (QED) is 0.404. The van der Waals surface area contributed by atoms with Gasteiger partial charge in [-0.3, -0.25) is 0 Å². The molecular weight excluding hydrogens is 84.1 g/mol. The molecule has 0 N–H and O–H groups in total. The Hall–Kier alpha value is -0.260. The van der Waals surface area contributed by atoms with Crippen LogP contribution in [0.1, 0.15) is 22.0 Å². The molecule has 38 valence electrons. The normalized spacial score (nSPS) is 70.9. The van der Waals surface area contributed by atoms with Crippen molar-refractivity contribution in [3.8, 4) is 0 Å². The van der Waals surface area contributed by atoms with Crippen molar-refractivity contribution in [2.75, 3.05) is 0 Å². The Morgan fingerprint density at radius 2 is 1.86 bits per heavy atom. The predicted molar refractivity (Wildman–Crippen MR) is 30.0 cm³/mol. The van der Waals surface area contributed by atoms with Gasteiger partial charge in [0.15, 0.2) is 0 Å². The van der Waals surface area contributed by atoms with Crippen LogP contribution in [-0.4, -0.2) is 0 Å². The lowest BCUT2D eigenvalue weighted by molar-refractivity contribution is 0.691. The summed E-state index contributed by atoms with van der Waals surface area (Å²) < 4.78 is 15.0. The van der Waals surface area contributed by atoms with Crippen molar-refractivity contribution >= 4 is 0 Å². The Morgan fingerprint density at radius 1 is 1.29 bits per heavy atom. The third-order valence-electron chi connectivity index (χ3n) is 1.76. The molecule has 0 aromatic heterocycles. The molecule has 0 radical (unpaired) electrons. The van der Waals surface area contributed by atoms with Crippen LogP contribution >= 0.6 is 0 Å². The van der Waals surface area contributed by atoms with Crippen LogP contribution in [0.25, 0.3) is 0 Å².